The van der Waals surface area contributed by atoms with Gasteiger partial charge in [-0.1, -0.05) is 42.5 Å². The number of tetrazole rings is 1. The van der Waals surface area contributed by atoms with E-state index in [0.29, 0.717) is 6.54 Å². The fourth-order valence-corrected chi connectivity index (χ4v) is 4.96. The van der Waals surface area contributed by atoms with Crippen molar-refractivity contribution in [2.24, 2.45) is 0 Å². The molecule has 0 radical (unpaired) electrons. The van der Waals surface area contributed by atoms with Gasteiger partial charge in [-0.15, -0.1) is 16.4 Å². The number of piperazine rings is 1. The molecular weight excluding hydrogens is 420 g/mol. The van der Waals surface area contributed by atoms with E-state index in [4.69, 9.17) is 4.74 Å². The topological polar surface area (TPSA) is 59.3 Å². The minimum absolute atomic E-state index is 0.0126. The summed E-state index contributed by atoms with van der Waals surface area (Å²) in [4.78, 5) is 6.14. The quantitative estimate of drug-likeness (QED) is 0.431. The number of hydrogen-bond donors (Lipinski definition) is 0. The molecule has 8 heteroatoms. The van der Waals surface area contributed by atoms with E-state index in [-0.39, 0.29) is 6.04 Å². The van der Waals surface area contributed by atoms with Crippen molar-refractivity contribution in [2.45, 2.75) is 12.6 Å². The zero-order valence-corrected chi connectivity index (χ0v) is 18.9. The van der Waals surface area contributed by atoms with Crippen LogP contribution >= 0.6 is 11.3 Å². The first-order chi connectivity index (χ1) is 15.8. The molecule has 1 saturated heterocycles. The van der Waals surface area contributed by atoms with Crippen molar-refractivity contribution in [3.05, 3.63) is 88.4 Å². The van der Waals surface area contributed by atoms with Gasteiger partial charge in [0.2, 0.25) is 0 Å². The van der Waals surface area contributed by atoms with Gasteiger partial charge in [0, 0.05) is 42.8 Å². The number of rotatable bonds is 7. The molecule has 0 N–H and O–H groups in total. The van der Waals surface area contributed by atoms with Crippen LogP contribution in [-0.2, 0) is 6.54 Å². The molecule has 0 saturated carbocycles. The summed E-state index contributed by atoms with van der Waals surface area (Å²) in [6.45, 7) is 4.39. The molecule has 5 rings (SSSR count). The van der Waals surface area contributed by atoms with E-state index in [1.165, 1.54) is 16.1 Å². The predicted octanol–water partition coefficient (Wildman–Crippen LogP) is 3.70. The Hall–Kier alpha value is -3.23. The zero-order chi connectivity index (χ0) is 21.8. The largest absolute Gasteiger partial charge is 0.497 e. The smallest absolute Gasteiger partial charge is 0.173 e. The molecule has 0 bridgehead atoms. The Morgan fingerprint density at radius 3 is 2.56 bits per heavy atom. The first-order valence-corrected chi connectivity index (χ1v) is 11.7. The lowest BCUT2D eigenvalue weighted by Crippen LogP contribution is -2.48. The second-order valence-corrected chi connectivity index (χ2v) is 8.84. The average Bonchev–Trinajstić information content (AvgIpc) is 3.53. The molecule has 2 aromatic heterocycles. The molecule has 32 heavy (non-hydrogen) atoms. The Balaban J connectivity index is 1.39. The highest BCUT2D eigenvalue weighted by Gasteiger charge is 2.30. The number of hydrogen-bond acceptors (Lipinski definition) is 7. The van der Waals surface area contributed by atoms with Crippen LogP contribution in [0.15, 0.2) is 72.1 Å². The fourth-order valence-electron chi connectivity index (χ4n) is 4.27. The van der Waals surface area contributed by atoms with Crippen molar-refractivity contribution in [3.63, 3.8) is 0 Å². The Morgan fingerprint density at radius 2 is 1.81 bits per heavy atom. The summed E-state index contributed by atoms with van der Waals surface area (Å²) < 4.78 is 7.35. The SMILES string of the molecule is COc1cccc(N2CCN([C@H](c3ccccc3)c3nnnn3Cc3cccs3)CC2)c1. The highest BCUT2D eigenvalue weighted by molar-refractivity contribution is 7.09. The summed E-state index contributed by atoms with van der Waals surface area (Å²) in [6.07, 6.45) is 0. The first kappa shape index (κ1) is 20.7. The third-order valence-corrected chi connectivity index (χ3v) is 6.76. The van der Waals surface area contributed by atoms with Gasteiger partial charge in [-0.05, 0) is 39.6 Å². The lowest BCUT2D eigenvalue weighted by molar-refractivity contribution is 0.201. The summed E-state index contributed by atoms with van der Waals surface area (Å²) in [5.41, 5.74) is 2.41. The molecule has 1 atom stereocenters. The number of anilines is 1. The Kier molecular flexibility index (Phi) is 6.13. The van der Waals surface area contributed by atoms with Gasteiger partial charge in [0.15, 0.2) is 5.82 Å². The van der Waals surface area contributed by atoms with Crippen molar-refractivity contribution in [2.75, 3.05) is 38.2 Å². The van der Waals surface area contributed by atoms with E-state index in [2.05, 4.69) is 85.3 Å². The average molecular weight is 447 g/mol. The standard InChI is InChI=1S/C24H26N6OS/c1-31-21-10-5-9-20(17-21)28-12-14-29(15-13-28)23(19-7-3-2-4-8-19)24-25-26-27-30(24)18-22-11-6-16-32-22/h2-11,16-17,23H,12-15,18H2,1H3/t23-/m1/s1. The molecular formula is C24H26N6OS. The fraction of sp³-hybridized carbons (Fsp3) is 0.292. The molecule has 1 aliphatic heterocycles. The molecule has 0 spiro atoms. The van der Waals surface area contributed by atoms with Gasteiger partial charge in [-0.2, -0.15) is 0 Å². The summed E-state index contributed by atoms with van der Waals surface area (Å²) in [5, 5.41) is 14.9. The number of thiophene rings is 1. The van der Waals surface area contributed by atoms with Crippen molar-refractivity contribution in [1.29, 1.82) is 0 Å². The first-order valence-electron chi connectivity index (χ1n) is 10.8. The zero-order valence-electron chi connectivity index (χ0n) is 18.0. The van der Waals surface area contributed by atoms with Gasteiger partial charge in [0.1, 0.15) is 5.75 Å². The van der Waals surface area contributed by atoms with Crippen molar-refractivity contribution < 1.29 is 4.74 Å². The summed E-state index contributed by atoms with van der Waals surface area (Å²) >= 11 is 1.73. The van der Waals surface area contributed by atoms with Crippen LogP contribution in [-0.4, -0.2) is 58.4 Å². The van der Waals surface area contributed by atoms with E-state index in [1.807, 2.05) is 16.8 Å². The lowest BCUT2D eigenvalue weighted by Gasteiger charge is -2.40. The van der Waals surface area contributed by atoms with Gasteiger partial charge < -0.3 is 9.64 Å². The van der Waals surface area contributed by atoms with E-state index < -0.39 is 0 Å². The lowest BCUT2D eigenvalue weighted by atomic mass is 10.0. The van der Waals surface area contributed by atoms with Crippen LogP contribution in [0, 0.1) is 0 Å². The van der Waals surface area contributed by atoms with Crippen LogP contribution in [0.4, 0.5) is 5.69 Å². The second kappa shape index (κ2) is 9.50. The molecule has 0 amide bonds. The Morgan fingerprint density at radius 1 is 0.969 bits per heavy atom. The van der Waals surface area contributed by atoms with Crippen LogP contribution in [0.1, 0.15) is 22.3 Å². The minimum Gasteiger partial charge on any atom is -0.497 e. The number of nitrogens with zero attached hydrogens (tertiary/aromatic N) is 6. The molecule has 0 unspecified atom stereocenters. The Labute approximate surface area is 191 Å². The van der Waals surface area contributed by atoms with Crippen LogP contribution in [0.2, 0.25) is 0 Å². The second-order valence-electron chi connectivity index (χ2n) is 7.81. The summed E-state index contributed by atoms with van der Waals surface area (Å²) in [5.74, 6) is 1.78. The summed E-state index contributed by atoms with van der Waals surface area (Å²) in [6, 6.07) is 23.0. The molecule has 1 aliphatic rings. The monoisotopic (exact) mass is 446 g/mol. The van der Waals surface area contributed by atoms with Crippen molar-refractivity contribution in [3.8, 4) is 5.75 Å². The van der Waals surface area contributed by atoms with Gasteiger partial charge in [0.05, 0.1) is 19.7 Å². The normalized spacial score (nSPS) is 15.6. The van der Waals surface area contributed by atoms with Crippen LogP contribution in [0.3, 0.4) is 0 Å². The molecule has 7 nitrogen and oxygen atoms in total. The molecule has 1 fully saturated rings. The van der Waals surface area contributed by atoms with Gasteiger partial charge in [0.25, 0.3) is 0 Å². The number of benzene rings is 2. The highest BCUT2D eigenvalue weighted by Crippen LogP contribution is 2.30. The number of ether oxygens (including phenoxy) is 1. The Bertz CT molecular complexity index is 1120. The number of aromatic nitrogens is 4. The maximum absolute atomic E-state index is 5.41. The van der Waals surface area contributed by atoms with Crippen molar-refractivity contribution in [1.82, 2.24) is 25.1 Å². The highest BCUT2D eigenvalue weighted by atomic mass is 32.1. The molecule has 164 valence electrons. The molecule has 0 aliphatic carbocycles. The minimum atomic E-state index is 0.0126. The maximum Gasteiger partial charge on any atom is 0.173 e. The summed E-state index contributed by atoms with van der Waals surface area (Å²) in [7, 11) is 1.71. The third kappa shape index (κ3) is 4.37. The van der Waals surface area contributed by atoms with Gasteiger partial charge in [-0.3, -0.25) is 4.90 Å². The van der Waals surface area contributed by atoms with Crippen molar-refractivity contribution >= 4 is 17.0 Å². The molecule has 4 aromatic rings. The van der Waals surface area contributed by atoms with Gasteiger partial charge in [-0.25, -0.2) is 4.68 Å². The van der Waals surface area contributed by atoms with Crippen LogP contribution in [0.5, 0.6) is 5.75 Å². The molecule has 2 aromatic carbocycles. The van der Waals surface area contributed by atoms with E-state index >= 15 is 0 Å². The predicted molar refractivity (Wildman–Crippen MR) is 126 cm³/mol. The van der Waals surface area contributed by atoms with Crippen LogP contribution < -0.4 is 9.64 Å². The van der Waals surface area contributed by atoms with E-state index in [1.54, 1.807) is 18.4 Å². The van der Waals surface area contributed by atoms with Gasteiger partial charge >= 0.3 is 0 Å². The van der Waals surface area contributed by atoms with E-state index in [0.717, 1.165) is 37.8 Å². The third-order valence-electron chi connectivity index (χ3n) is 5.90. The maximum atomic E-state index is 5.41. The van der Waals surface area contributed by atoms with Crippen LogP contribution in [0.25, 0.3) is 0 Å². The number of methoxy groups -OCH3 is 1. The molecule has 3 heterocycles. The van der Waals surface area contributed by atoms with E-state index in [9.17, 15) is 0 Å².